The van der Waals surface area contributed by atoms with E-state index in [1.165, 1.54) is 0 Å². The maximum atomic E-state index is 9.32. The molecule has 1 heterocycles. The van der Waals surface area contributed by atoms with E-state index in [9.17, 15) is 5.11 Å². The van der Waals surface area contributed by atoms with Gasteiger partial charge in [0.15, 0.2) is 0 Å². The van der Waals surface area contributed by atoms with Gasteiger partial charge < -0.3 is 9.52 Å². The number of furan rings is 1. The highest BCUT2D eigenvalue weighted by atomic mass is 16.4. The van der Waals surface area contributed by atoms with Crippen LogP contribution in [0, 0.1) is 0 Å². The van der Waals surface area contributed by atoms with E-state index in [0.29, 0.717) is 5.76 Å². The van der Waals surface area contributed by atoms with E-state index >= 15 is 0 Å². The van der Waals surface area contributed by atoms with Gasteiger partial charge in [-0.25, -0.2) is 0 Å². The number of hydrogen-bond donors (Lipinski definition) is 1. The van der Waals surface area contributed by atoms with Gasteiger partial charge in [0, 0.05) is 10.8 Å². The zero-order chi connectivity index (χ0) is 8.55. The number of aliphatic hydroxyl groups is 1. The van der Waals surface area contributed by atoms with Crippen molar-refractivity contribution in [3.63, 3.8) is 0 Å². The predicted molar refractivity (Wildman–Crippen MR) is 46.8 cm³/mol. The van der Waals surface area contributed by atoms with E-state index in [1.807, 2.05) is 24.3 Å². The molecule has 12 heavy (non-hydrogen) atoms. The first-order valence-electron chi connectivity index (χ1n) is 3.93. The lowest BCUT2D eigenvalue weighted by Gasteiger charge is -1.98. The summed E-state index contributed by atoms with van der Waals surface area (Å²) >= 11 is 0. The lowest BCUT2D eigenvalue weighted by atomic mass is 10.1. The zero-order valence-electron chi connectivity index (χ0n) is 6.82. The lowest BCUT2D eigenvalue weighted by Crippen LogP contribution is -1.87. The molecule has 2 aromatic rings. The molecular weight excluding hydrogens is 152 g/mol. The van der Waals surface area contributed by atoms with Crippen LogP contribution in [-0.2, 0) is 0 Å². The molecule has 0 amide bonds. The minimum Gasteiger partial charge on any atom is -0.465 e. The second-order valence-corrected chi connectivity index (χ2v) is 2.86. The molecular formula is C10H10O2. The van der Waals surface area contributed by atoms with Crippen LogP contribution in [0.2, 0.25) is 0 Å². The van der Waals surface area contributed by atoms with Crippen molar-refractivity contribution in [1.29, 1.82) is 0 Å². The Morgan fingerprint density at radius 1 is 1.33 bits per heavy atom. The van der Waals surface area contributed by atoms with Crippen LogP contribution in [-0.4, -0.2) is 5.11 Å². The Morgan fingerprint density at radius 3 is 2.83 bits per heavy atom. The number of benzene rings is 1. The fourth-order valence-electron chi connectivity index (χ4n) is 1.34. The molecule has 0 saturated carbocycles. The molecule has 0 radical (unpaired) electrons. The van der Waals surface area contributed by atoms with Gasteiger partial charge >= 0.3 is 0 Å². The largest absolute Gasteiger partial charge is 0.465 e. The third-order valence-corrected chi connectivity index (χ3v) is 1.92. The maximum Gasteiger partial charge on any atom is 0.139 e. The quantitative estimate of drug-likeness (QED) is 0.698. The van der Waals surface area contributed by atoms with Gasteiger partial charge in [0.2, 0.25) is 0 Å². The molecule has 2 rings (SSSR count). The normalized spacial score (nSPS) is 13.5. The molecule has 0 unspecified atom stereocenters. The first-order valence-corrected chi connectivity index (χ1v) is 3.93. The second-order valence-electron chi connectivity index (χ2n) is 2.86. The van der Waals surface area contributed by atoms with Crippen LogP contribution < -0.4 is 0 Å². The van der Waals surface area contributed by atoms with Gasteiger partial charge in [0.1, 0.15) is 11.9 Å². The number of fused-ring (bicyclic) bond motifs is 1. The fraction of sp³-hybridized carbons (Fsp3) is 0.200. The highest BCUT2D eigenvalue weighted by Gasteiger charge is 2.09. The van der Waals surface area contributed by atoms with Crippen molar-refractivity contribution in [2.24, 2.45) is 0 Å². The van der Waals surface area contributed by atoms with Crippen LogP contribution in [0.3, 0.4) is 0 Å². The van der Waals surface area contributed by atoms with Crippen molar-refractivity contribution in [3.8, 4) is 0 Å². The minimum absolute atomic E-state index is 0.537. The molecule has 1 aromatic heterocycles. The average molecular weight is 162 g/mol. The zero-order valence-corrected chi connectivity index (χ0v) is 6.82. The van der Waals surface area contributed by atoms with Crippen LogP contribution in [0.25, 0.3) is 10.8 Å². The molecule has 1 aromatic carbocycles. The van der Waals surface area contributed by atoms with E-state index in [2.05, 4.69) is 0 Å². The van der Waals surface area contributed by atoms with Crippen molar-refractivity contribution >= 4 is 10.8 Å². The molecule has 0 fully saturated rings. The summed E-state index contributed by atoms with van der Waals surface area (Å²) in [4.78, 5) is 0. The van der Waals surface area contributed by atoms with Crippen molar-refractivity contribution in [2.75, 3.05) is 0 Å². The van der Waals surface area contributed by atoms with E-state index in [1.54, 1.807) is 13.2 Å². The summed E-state index contributed by atoms with van der Waals surface area (Å²) in [5, 5.41) is 11.3. The van der Waals surface area contributed by atoms with Crippen LogP contribution in [0.4, 0.5) is 0 Å². The summed E-state index contributed by atoms with van der Waals surface area (Å²) in [6.45, 7) is 1.70. The van der Waals surface area contributed by atoms with Crippen molar-refractivity contribution in [3.05, 3.63) is 36.3 Å². The first-order chi connectivity index (χ1) is 5.79. The summed E-state index contributed by atoms with van der Waals surface area (Å²) in [6.07, 6.45) is 1.13. The summed E-state index contributed by atoms with van der Waals surface area (Å²) in [5.74, 6) is 0.644. The lowest BCUT2D eigenvalue weighted by molar-refractivity contribution is 0.171. The van der Waals surface area contributed by atoms with Gasteiger partial charge in [0.05, 0.1) is 6.26 Å². The van der Waals surface area contributed by atoms with Gasteiger partial charge in [-0.15, -0.1) is 0 Å². The third-order valence-electron chi connectivity index (χ3n) is 1.92. The second kappa shape index (κ2) is 2.64. The molecule has 0 bridgehead atoms. The average Bonchev–Trinajstić information content (AvgIpc) is 2.47. The number of hydrogen-bond acceptors (Lipinski definition) is 2. The van der Waals surface area contributed by atoms with Gasteiger partial charge in [-0.1, -0.05) is 24.3 Å². The summed E-state index contributed by atoms with van der Waals surface area (Å²) < 4.78 is 5.23. The van der Waals surface area contributed by atoms with Gasteiger partial charge in [-0.3, -0.25) is 0 Å². The smallest absolute Gasteiger partial charge is 0.139 e. The van der Waals surface area contributed by atoms with Crippen LogP contribution in [0.15, 0.2) is 34.9 Å². The molecule has 0 aliphatic carbocycles. The number of rotatable bonds is 1. The number of aliphatic hydroxyl groups excluding tert-OH is 1. The molecule has 1 atom stereocenters. The minimum atomic E-state index is -0.537. The molecule has 0 saturated heterocycles. The highest BCUT2D eigenvalue weighted by molar-refractivity contribution is 5.84. The van der Waals surface area contributed by atoms with E-state index in [-0.39, 0.29) is 0 Å². The molecule has 2 heteroatoms. The Morgan fingerprint density at radius 2 is 2.08 bits per heavy atom. The van der Waals surface area contributed by atoms with Crippen molar-refractivity contribution in [1.82, 2.24) is 0 Å². The highest BCUT2D eigenvalue weighted by Crippen LogP contribution is 2.25. The van der Waals surface area contributed by atoms with Crippen LogP contribution in [0.1, 0.15) is 18.8 Å². The summed E-state index contributed by atoms with van der Waals surface area (Å²) in [5.41, 5.74) is 0. The predicted octanol–water partition coefficient (Wildman–Crippen LogP) is 2.49. The molecule has 1 N–H and O–H groups in total. The molecule has 0 aliphatic rings. The molecule has 62 valence electrons. The SMILES string of the molecule is C[C@H](O)c1occ2ccccc12. The molecule has 2 nitrogen and oxygen atoms in total. The molecule has 0 aliphatic heterocycles. The van der Waals surface area contributed by atoms with Crippen molar-refractivity contribution < 1.29 is 9.52 Å². The standard InChI is InChI=1S/C10H10O2/c1-7(11)10-9-5-3-2-4-8(9)6-12-10/h2-7,11H,1H3/t7-/m0/s1. The van der Waals surface area contributed by atoms with E-state index in [4.69, 9.17) is 4.42 Å². The Balaban J connectivity index is 2.70. The Hall–Kier alpha value is -1.28. The van der Waals surface area contributed by atoms with Crippen LogP contribution in [0.5, 0.6) is 0 Å². The van der Waals surface area contributed by atoms with Crippen LogP contribution >= 0.6 is 0 Å². The van der Waals surface area contributed by atoms with Gasteiger partial charge in [-0.05, 0) is 6.92 Å². The maximum absolute atomic E-state index is 9.32. The monoisotopic (exact) mass is 162 g/mol. The Kier molecular flexibility index (Phi) is 1.62. The topological polar surface area (TPSA) is 33.4 Å². The van der Waals surface area contributed by atoms with E-state index in [0.717, 1.165) is 10.8 Å². The van der Waals surface area contributed by atoms with Gasteiger partial charge in [-0.2, -0.15) is 0 Å². The summed E-state index contributed by atoms with van der Waals surface area (Å²) in [7, 11) is 0. The first kappa shape index (κ1) is 7.37. The Labute approximate surface area is 70.4 Å². The summed E-state index contributed by atoms with van der Waals surface area (Å²) in [6, 6.07) is 7.79. The fourth-order valence-corrected chi connectivity index (χ4v) is 1.34. The third kappa shape index (κ3) is 1.01. The Bertz CT molecular complexity index is 387. The van der Waals surface area contributed by atoms with Gasteiger partial charge in [0.25, 0.3) is 0 Å². The van der Waals surface area contributed by atoms with E-state index < -0.39 is 6.10 Å². The molecule has 0 spiro atoms. The van der Waals surface area contributed by atoms with Crippen molar-refractivity contribution in [2.45, 2.75) is 13.0 Å².